The number of hydrogen-bond acceptors (Lipinski definition) is 3. The minimum absolute atomic E-state index is 0.648. The van der Waals surface area contributed by atoms with Gasteiger partial charge in [0.05, 0.1) is 0 Å². The monoisotopic (exact) mass is 641 g/mol. The van der Waals surface area contributed by atoms with Gasteiger partial charge in [-0.2, -0.15) is 0 Å². The summed E-state index contributed by atoms with van der Waals surface area (Å²) in [4.78, 5) is 15.0. The van der Waals surface area contributed by atoms with Gasteiger partial charge in [-0.1, -0.05) is 0 Å². The third-order valence-electron chi connectivity index (χ3n) is 8.21. The SMILES string of the molecule is [SeH]c1c(-c2cccc(-c3ccc4ccccc4c3)c2)cccc1-c1nc(-c2ccccc2)nc(-c2ccc3ccccc3c2)n1. The Balaban J connectivity index is 1.25. The van der Waals surface area contributed by atoms with Crippen LogP contribution in [0.15, 0.2) is 158 Å². The Hall–Kier alpha value is -5.41. The first-order valence-corrected chi connectivity index (χ1v) is 15.9. The van der Waals surface area contributed by atoms with E-state index in [1.165, 1.54) is 27.3 Å². The number of benzene rings is 7. The molecule has 1 aromatic heterocycles. The molecule has 212 valence electrons. The number of rotatable bonds is 5. The molecule has 0 fully saturated rings. The summed E-state index contributed by atoms with van der Waals surface area (Å²) in [5.74, 6) is 1.95. The molecule has 0 atom stereocenters. The Kier molecular flexibility index (Phi) is 7.00. The molecule has 8 aromatic rings. The maximum atomic E-state index is 5.06. The Bertz CT molecular complexity index is 2350. The van der Waals surface area contributed by atoms with E-state index in [0.29, 0.717) is 17.5 Å². The molecule has 3 nitrogen and oxygen atoms in total. The van der Waals surface area contributed by atoms with Gasteiger partial charge in [-0.25, -0.2) is 0 Å². The van der Waals surface area contributed by atoms with Crippen LogP contribution in [0.3, 0.4) is 0 Å². The first-order chi connectivity index (χ1) is 22.2. The van der Waals surface area contributed by atoms with Crippen molar-refractivity contribution in [2.75, 3.05) is 0 Å². The normalized spacial score (nSPS) is 11.2. The van der Waals surface area contributed by atoms with E-state index in [0.717, 1.165) is 37.7 Å². The van der Waals surface area contributed by atoms with Crippen molar-refractivity contribution >= 4 is 42.0 Å². The van der Waals surface area contributed by atoms with Crippen LogP contribution in [0.4, 0.5) is 0 Å². The molecule has 4 heteroatoms. The van der Waals surface area contributed by atoms with Crippen LogP contribution in [-0.4, -0.2) is 31.0 Å². The van der Waals surface area contributed by atoms with E-state index in [2.05, 4.69) is 143 Å². The summed E-state index contributed by atoms with van der Waals surface area (Å²) in [5, 5.41) is 4.82. The summed E-state index contributed by atoms with van der Waals surface area (Å²) in [7, 11) is 0. The van der Waals surface area contributed by atoms with E-state index >= 15 is 0 Å². The zero-order valence-corrected chi connectivity index (χ0v) is 26.2. The fourth-order valence-corrected chi connectivity index (χ4v) is 6.66. The number of nitrogens with zero attached hydrogens (tertiary/aromatic N) is 3. The predicted molar refractivity (Wildman–Crippen MR) is 189 cm³/mol. The molecule has 0 amide bonds. The van der Waals surface area contributed by atoms with Crippen LogP contribution in [0.2, 0.25) is 0 Å². The molecule has 45 heavy (non-hydrogen) atoms. The van der Waals surface area contributed by atoms with Crippen molar-refractivity contribution < 1.29 is 0 Å². The molecule has 1 heterocycles. The molecule has 0 N–H and O–H groups in total. The molecule has 0 aliphatic rings. The van der Waals surface area contributed by atoms with Crippen molar-refractivity contribution in [2.24, 2.45) is 0 Å². The number of fused-ring (bicyclic) bond motifs is 2. The molecule has 0 radical (unpaired) electrons. The van der Waals surface area contributed by atoms with E-state index in [4.69, 9.17) is 15.0 Å². The zero-order chi connectivity index (χ0) is 30.2. The van der Waals surface area contributed by atoms with Crippen LogP contribution >= 0.6 is 0 Å². The average molecular weight is 641 g/mol. The van der Waals surface area contributed by atoms with Gasteiger partial charge in [-0.05, 0) is 0 Å². The maximum absolute atomic E-state index is 5.06. The van der Waals surface area contributed by atoms with Gasteiger partial charge in [0.25, 0.3) is 0 Å². The van der Waals surface area contributed by atoms with Crippen molar-refractivity contribution in [2.45, 2.75) is 0 Å². The van der Waals surface area contributed by atoms with Crippen LogP contribution in [0, 0.1) is 0 Å². The molecule has 0 spiro atoms. The molecule has 0 unspecified atom stereocenters. The average Bonchev–Trinajstić information content (AvgIpc) is 3.11. The summed E-state index contributed by atoms with van der Waals surface area (Å²) in [6.45, 7) is 0. The van der Waals surface area contributed by atoms with Crippen molar-refractivity contribution in [3.63, 3.8) is 0 Å². The van der Waals surface area contributed by atoms with E-state index in [-0.39, 0.29) is 0 Å². The van der Waals surface area contributed by atoms with Crippen molar-refractivity contribution in [3.05, 3.63) is 158 Å². The van der Waals surface area contributed by atoms with Crippen molar-refractivity contribution in [3.8, 4) is 56.4 Å². The molecule has 0 saturated carbocycles. The Labute approximate surface area is 270 Å². The third-order valence-corrected chi connectivity index (χ3v) is 9.22. The minimum atomic E-state index is 0.648. The van der Waals surface area contributed by atoms with Gasteiger partial charge in [-0.15, -0.1) is 0 Å². The van der Waals surface area contributed by atoms with Gasteiger partial charge in [0.15, 0.2) is 0 Å². The van der Waals surface area contributed by atoms with E-state index < -0.39 is 0 Å². The molecular weight excluding hydrogens is 613 g/mol. The number of hydrogen-bond donors (Lipinski definition) is 0. The third kappa shape index (κ3) is 5.32. The van der Waals surface area contributed by atoms with Crippen LogP contribution < -0.4 is 4.46 Å². The second-order valence-corrected chi connectivity index (χ2v) is 12.0. The molecule has 0 aliphatic heterocycles. The van der Waals surface area contributed by atoms with Crippen molar-refractivity contribution in [1.29, 1.82) is 0 Å². The first kappa shape index (κ1) is 27.2. The summed E-state index contributed by atoms with van der Waals surface area (Å²) < 4.78 is 1.07. The molecule has 7 aromatic carbocycles. The van der Waals surface area contributed by atoms with Crippen molar-refractivity contribution in [1.82, 2.24) is 15.0 Å². The van der Waals surface area contributed by atoms with Gasteiger partial charge >= 0.3 is 271 Å². The van der Waals surface area contributed by atoms with Crippen LogP contribution in [0.5, 0.6) is 0 Å². The molecule has 0 aliphatic carbocycles. The quantitative estimate of drug-likeness (QED) is 0.176. The molecule has 0 bridgehead atoms. The van der Waals surface area contributed by atoms with Gasteiger partial charge in [0.2, 0.25) is 0 Å². The fourth-order valence-electron chi connectivity index (χ4n) is 5.86. The Morgan fingerprint density at radius 2 is 0.800 bits per heavy atom. The van der Waals surface area contributed by atoms with Gasteiger partial charge in [0.1, 0.15) is 0 Å². The Morgan fingerprint density at radius 3 is 1.53 bits per heavy atom. The second kappa shape index (κ2) is 11.6. The van der Waals surface area contributed by atoms with E-state index in [1.54, 1.807) is 0 Å². The fraction of sp³-hybridized carbons (Fsp3) is 0. The summed E-state index contributed by atoms with van der Waals surface area (Å²) in [5.41, 5.74) is 7.53. The van der Waals surface area contributed by atoms with Crippen LogP contribution in [-0.2, 0) is 0 Å². The summed E-state index contributed by atoms with van der Waals surface area (Å²) in [6, 6.07) is 55.1. The first-order valence-electron chi connectivity index (χ1n) is 14.9. The second-order valence-electron chi connectivity index (χ2n) is 11.1. The molecule has 0 saturated heterocycles. The van der Waals surface area contributed by atoms with Gasteiger partial charge in [-0.3, -0.25) is 0 Å². The zero-order valence-electron chi connectivity index (χ0n) is 24.3. The molecule has 8 rings (SSSR count). The molecular formula is C41H27N3Se. The summed E-state index contributed by atoms with van der Waals surface area (Å²) in [6.07, 6.45) is 0. The van der Waals surface area contributed by atoms with Crippen LogP contribution in [0.1, 0.15) is 0 Å². The van der Waals surface area contributed by atoms with Gasteiger partial charge in [0, 0.05) is 0 Å². The van der Waals surface area contributed by atoms with E-state index in [9.17, 15) is 0 Å². The van der Waals surface area contributed by atoms with Crippen LogP contribution in [0.25, 0.3) is 78.0 Å². The standard InChI is InChI=1S/C41H27N3Se/c45-38-36(34-17-8-16-32(25-34)33-22-20-27-10-4-6-14-30(27)24-33)18-9-19-37(38)41-43-39(29-12-2-1-3-13-29)42-40(44-41)35-23-21-28-11-5-7-15-31(28)26-35/h1-26,45H. The van der Waals surface area contributed by atoms with E-state index in [1.807, 2.05) is 30.3 Å². The summed E-state index contributed by atoms with van der Waals surface area (Å²) >= 11 is 2.76. The predicted octanol–water partition coefficient (Wildman–Crippen LogP) is 9.04. The topological polar surface area (TPSA) is 38.7 Å². The number of aromatic nitrogens is 3. The van der Waals surface area contributed by atoms with Gasteiger partial charge < -0.3 is 0 Å². The Morgan fingerprint density at radius 1 is 0.311 bits per heavy atom.